The highest BCUT2D eigenvalue weighted by molar-refractivity contribution is 7.99. The number of carbonyl (C=O) groups excluding carboxylic acids is 1. The SMILES string of the molecule is O=C1c2ccccc2C(c2ccc(SCCO)cc2)(c2ccc(SCCO)cc2)c2ccccc21. The molecule has 176 valence electrons. The van der Waals surface area contributed by atoms with Crippen molar-refractivity contribution in [3.05, 3.63) is 130 Å². The fourth-order valence-electron chi connectivity index (χ4n) is 5.02. The van der Waals surface area contributed by atoms with Crippen LogP contribution in [0.25, 0.3) is 0 Å². The summed E-state index contributed by atoms with van der Waals surface area (Å²) in [5.74, 6) is 1.35. The molecule has 1 aliphatic rings. The minimum absolute atomic E-state index is 0.0528. The molecule has 35 heavy (non-hydrogen) atoms. The first-order chi connectivity index (χ1) is 17.2. The molecule has 0 saturated carbocycles. The van der Waals surface area contributed by atoms with Crippen LogP contribution < -0.4 is 0 Å². The summed E-state index contributed by atoms with van der Waals surface area (Å²) in [6, 6.07) is 32.9. The van der Waals surface area contributed by atoms with Gasteiger partial charge in [-0.2, -0.15) is 0 Å². The lowest BCUT2D eigenvalue weighted by atomic mass is 9.59. The molecular weight excluding hydrogens is 472 g/mol. The molecule has 0 amide bonds. The Balaban J connectivity index is 1.77. The molecule has 5 rings (SSSR count). The van der Waals surface area contributed by atoms with Crippen molar-refractivity contribution in [1.29, 1.82) is 0 Å². The van der Waals surface area contributed by atoms with Crippen LogP contribution in [0.5, 0.6) is 0 Å². The van der Waals surface area contributed by atoms with E-state index in [0.29, 0.717) is 11.5 Å². The summed E-state index contributed by atoms with van der Waals surface area (Å²) in [5.41, 5.74) is 4.95. The maximum atomic E-state index is 13.5. The van der Waals surface area contributed by atoms with Gasteiger partial charge in [0.25, 0.3) is 0 Å². The third-order valence-corrected chi connectivity index (χ3v) is 8.43. The van der Waals surface area contributed by atoms with Crippen molar-refractivity contribution >= 4 is 29.3 Å². The highest BCUT2D eigenvalue weighted by Crippen LogP contribution is 2.51. The largest absolute Gasteiger partial charge is 0.396 e. The van der Waals surface area contributed by atoms with E-state index in [2.05, 4.69) is 60.7 Å². The van der Waals surface area contributed by atoms with Gasteiger partial charge in [0.05, 0.1) is 18.6 Å². The van der Waals surface area contributed by atoms with Crippen molar-refractivity contribution in [2.45, 2.75) is 15.2 Å². The second-order valence-electron chi connectivity index (χ2n) is 8.36. The molecule has 1 aliphatic carbocycles. The fourth-order valence-corrected chi connectivity index (χ4v) is 6.34. The summed E-state index contributed by atoms with van der Waals surface area (Å²) in [6.07, 6.45) is 0. The van der Waals surface area contributed by atoms with E-state index in [9.17, 15) is 15.0 Å². The Morgan fingerprint density at radius 2 is 0.971 bits per heavy atom. The van der Waals surface area contributed by atoms with Gasteiger partial charge >= 0.3 is 0 Å². The molecule has 0 unspecified atom stereocenters. The molecule has 0 fully saturated rings. The van der Waals surface area contributed by atoms with Crippen molar-refractivity contribution in [2.75, 3.05) is 24.7 Å². The van der Waals surface area contributed by atoms with Crippen LogP contribution in [-0.4, -0.2) is 40.7 Å². The first kappa shape index (κ1) is 23.9. The molecule has 0 saturated heterocycles. The summed E-state index contributed by atoms with van der Waals surface area (Å²) in [5, 5.41) is 18.5. The Kier molecular flexibility index (Phi) is 7.12. The van der Waals surface area contributed by atoms with Gasteiger partial charge in [0.2, 0.25) is 0 Å². The number of benzene rings is 4. The van der Waals surface area contributed by atoms with Crippen LogP contribution in [0.2, 0.25) is 0 Å². The first-order valence-corrected chi connectivity index (χ1v) is 13.6. The van der Waals surface area contributed by atoms with E-state index in [1.807, 2.05) is 36.4 Å². The van der Waals surface area contributed by atoms with E-state index in [-0.39, 0.29) is 19.0 Å². The van der Waals surface area contributed by atoms with Gasteiger partial charge in [-0.25, -0.2) is 0 Å². The van der Waals surface area contributed by atoms with Crippen molar-refractivity contribution in [3.8, 4) is 0 Å². The lowest BCUT2D eigenvalue weighted by Gasteiger charge is -2.41. The minimum Gasteiger partial charge on any atom is -0.396 e. The molecule has 0 aliphatic heterocycles. The van der Waals surface area contributed by atoms with Crippen LogP contribution in [-0.2, 0) is 5.41 Å². The summed E-state index contributed by atoms with van der Waals surface area (Å²) < 4.78 is 0. The molecule has 0 bridgehead atoms. The third-order valence-electron chi connectivity index (χ3n) is 6.45. The standard InChI is InChI=1S/C30H26O3S2/c31-17-19-34-23-13-9-21(10-14-23)30(22-11-15-24(16-12-22)35-20-18-32)27-7-3-1-5-25(27)29(33)26-6-2-4-8-28(26)30/h1-16,31-32H,17-20H2. The first-order valence-electron chi connectivity index (χ1n) is 11.6. The predicted molar refractivity (Wildman–Crippen MR) is 144 cm³/mol. The lowest BCUT2D eigenvalue weighted by molar-refractivity contribution is 0.103. The maximum absolute atomic E-state index is 13.5. The summed E-state index contributed by atoms with van der Waals surface area (Å²) in [7, 11) is 0. The van der Waals surface area contributed by atoms with Crippen molar-refractivity contribution < 1.29 is 15.0 Å². The van der Waals surface area contributed by atoms with Crippen LogP contribution in [0.15, 0.2) is 107 Å². The summed E-state index contributed by atoms with van der Waals surface area (Å²) in [4.78, 5) is 15.7. The van der Waals surface area contributed by atoms with Crippen LogP contribution in [0.1, 0.15) is 38.2 Å². The number of thioether (sulfide) groups is 2. The zero-order chi connectivity index (χ0) is 24.3. The zero-order valence-corrected chi connectivity index (χ0v) is 20.8. The van der Waals surface area contributed by atoms with E-state index < -0.39 is 5.41 Å². The molecule has 0 heterocycles. The Morgan fingerprint density at radius 3 is 1.37 bits per heavy atom. The predicted octanol–water partition coefficient (Wildman–Crippen LogP) is 5.78. The number of hydrogen-bond donors (Lipinski definition) is 2. The van der Waals surface area contributed by atoms with Crippen molar-refractivity contribution in [1.82, 2.24) is 0 Å². The van der Waals surface area contributed by atoms with Crippen LogP contribution >= 0.6 is 23.5 Å². The van der Waals surface area contributed by atoms with E-state index >= 15 is 0 Å². The molecule has 4 aromatic carbocycles. The van der Waals surface area contributed by atoms with E-state index in [1.165, 1.54) is 0 Å². The number of carbonyl (C=O) groups is 1. The highest BCUT2D eigenvalue weighted by atomic mass is 32.2. The van der Waals surface area contributed by atoms with Gasteiger partial charge in [0.15, 0.2) is 5.78 Å². The van der Waals surface area contributed by atoms with Gasteiger partial charge in [-0.1, -0.05) is 72.8 Å². The summed E-state index contributed by atoms with van der Waals surface area (Å²) in [6.45, 7) is 0.277. The van der Waals surface area contributed by atoms with Gasteiger partial charge in [-0.3, -0.25) is 4.79 Å². The topological polar surface area (TPSA) is 57.5 Å². The number of hydrogen-bond acceptors (Lipinski definition) is 5. The van der Waals surface area contributed by atoms with Crippen molar-refractivity contribution in [2.24, 2.45) is 0 Å². The van der Waals surface area contributed by atoms with Crippen LogP contribution in [0.3, 0.4) is 0 Å². The quantitative estimate of drug-likeness (QED) is 0.266. The Labute approximate surface area is 214 Å². The fraction of sp³-hybridized carbons (Fsp3) is 0.167. The van der Waals surface area contributed by atoms with E-state index in [4.69, 9.17) is 0 Å². The number of ketones is 1. The molecular formula is C30H26O3S2. The number of aliphatic hydroxyl groups excluding tert-OH is 2. The van der Waals surface area contributed by atoms with Gasteiger partial charge in [0.1, 0.15) is 0 Å². The normalized spacial score (nSPS) is 13.8. The van der Waals surface area contributed by atoms with Gasteiger partial charge in [-0.15, -0.1) is 23.5 Å². The van der Waals surface area contributed by atoms with E-state index in [0.717, 1.165) is 43.2 Å². The Hall–Kier alpha value is -2.83. The molecule has 3 nitrogen and oxygen atoms in total. The zero-order valence-electron chi connectivity index (χ0n) is 19.2. The second-order valence-corrected chi connectivity index (χ2v) is 10.7. The average molecular weight is 499 g/mol. The minimum atomic E-state index is -0.651. The molecule has 0 aromatic heterocycles. The monoisotopic (exact) mass is 498 g/mol. The molecule has 0 atom stereocenters. The van der Waals surface area contributed by atoms with Gasteiger partial charge in [0, 0.05) is 32.4 Å². The second kappa shape index (κ2) is 10.4. The number of aliphatic hydroxyl groups is 2. The Bertz CT molecular complexity index is 1230. The molecule has 4 aromatic rings. The maximum Gasteiger partial charge on any atom is 0.193 e. The van der Waals surface area contributed by atoms with Crippen LogP contribution in [0.4, 0.5) is 0 Å². The summed E-state index contributed by atoms with van der Waals surface area (Å²) >= 11 is 3.25. The molecule has 0 spiro atoms. The number of fused-ring (bicyclic) bond motifs is 2. The van der Waals surface area contributed by atoms with E-state index in [1.54, 1.807) is 23.5 Å². The van der Waals surface area contributed by atoms with Crippen molar-refractivity contribution in [3.63, 3.8) is 0 Å². The van der Waals surface area contributed by atoms with Gasteiger partial charge < -0.3 is 10.2 Å². The smallest absolute Gasteiger partial charge is 0.193 e. The average Bonchev–Trinajstić information content (AvgIpc) is 2.92. The lowest BCUT2D eigenvalue weighted by Crippen LogP contribution is -2.38. The molecule has 0 radical (unpaired) electrons. The van der Waals surface area contributed by atoms with Gasteiger partial charge in [-0.05, 0) is 46.5 Å². The number of rotatable bonds is 8. The third kappa shape index (κ3) is 4.23. The van der Waals surface area contributed by atoms with Crippen LogP contribution in [0, 0.1) is 0 Å². The Morgan fingerprint density at radius 1 is 0.571 bits per heavy atom. The molecule has 2 N–H and O–H groups in total. The highest BCUT2D eigenvalue weighted by Gasteiger charge is 2.46. The molecule has 5 heteroatoms.